The van der Waals surface area contributed by atoms with Crippen molar-refractivity contribution in [2.45, 2.75) is 6.92 Å². The summed E-state index contributed by atoms with van der Waals surface area (Å²) in [5.41, 5.74) is 0.508. The lowest BCUT2D eigenvalue weighted by atomic mass is 10.2. The molecule has 0 heterocycles. The summed E-state index contributed by atoms with van der Waals surface area (Å²) in [6.07, 6.45) is 0. The Kier molecular flexibility index (Phi) is 4.53. The van der Waals surface area contributed by atoms with Gasteiger partial charge in [-0.1, -0.05) is 0 Å². The second kappa shape index (κ2) is 5.92. The first-order chi connectivity index (χ1) is 7.69. The Hall–Kier alpha value is -1.82. The highest BCUT2D eigenvalue weighted by atomic mass is 16.6. The van der Waals surface area contributed by atoms with Gasteiger partial charge in [-0.15, -0.1) is 0 Å². The van der Waals surface area contributed by atoms with E-state index in [2.05, 4.69) is 5.32 Å². The van der Waals surface area contributed by atoms with Gasteiger partial charge in [0, 0.05) is 18.7 Å². The summed E-state index contributed by atoms with van der Waals surface area (Å²) in [6, 6.07) is 4.32. The number of nitro groups is 1. The fourth-order valence-corrected chi connectivity index (χ4v) is 1.24. The van der Waals surface area contributed by atoms with Crippen molar-refractivity contribution in [2.24, 2.45) is 0 Å². The van der Waals surface area contributed by atoms with E-state index >= 15 is 0 Å². The Morgan fingerprint density at radius 2 is 2.31 bits per heavy atom. The Bertz CT molecular complexity index is 368. The summed E-state index contributed by atoms with van der Waals surface area (Å²) in [6.45, 7) is 2.58. The van der Waals surface area contributed by atoms with Crippen LogP contribution in [0.1, 0.15) is 6.92 Å². The molecule has 88 valence electrons. The summed E-state index contributed by atoms with van der Waals surface area (Å²) < 4.78 is 5.30. The number of aliphatic hydroxyl groups excluding tert-OH is 1. The van der Waals surface area contributed by atoms with Gasteiger partial charge in [-0.2, -0.15) is 0 Å². The van der Waals surface area contributed by atoms with Gasteiger partial charge < -0.3 is 15.2 Å². The number of aliphatic hydroxyl groups is 1. The number of nitrogens with one attached hydrogen (secondary N) is 1. The number of benzene rings is 1. The Morgan fingerprint density at radius 3 is 2.88 bits per heavy atom. The van der Waals surface area contributed by atoms with Crippen LogP contribution < -0.4 is 10.1 Å². The second-order valence-corrected chi connectivity index (χ2v) is 3.02. The molecule has 0 saturated heterocycles. The van der Waals surface area contributed by atoms with Gasteiger partial charge in [0.1, 0.15) is 5.75 Å². The molecule has 0 spiro atoms. The summed E-state index contributed by atoms with van der Waals surface area (Å²) in [5, 5.41) is 22.1. The Balaban J connectivity index is 2.95. The molecule has 0 radical (unpaired) electrons. The number of rotatable bonds is 6. The summed E-state index contributed by atoms with van der Waals surface area (Å²) >= 11 is 0. The first kappa shape index (κ1) is 12.3. The van der Waals surface area contributed by atoms with Crippen LogP contribution in [0.2, 0.25) is 0 Å². The molecule has 6 nitrogen and oxygen atoms in total. The minimum absolute atomic E-state index is 0.0103. The number of nitro benzene ring substituents is 1. The van der Waals surface area contributed by atoms with Crippen LogP contribution in [0.5, 0.6) is 5.75 Å². The quantitative estimate of drug-likeness (QED) is 0.565. The highest BCUT2D eigenvalue weighted by molar-refractivity contribution is 5.61. The topological polar surface area (TPSA) is 84.6 Å². The second-order valence-electron chi connectivity index (χ2n) is 3.02. The van der Waals surface area contributed by atoms with Crippen LogP contribution in [0.15, 0.2) is 18.2 Å². The third kappa shape index (κ3) is 3.09. The number of hydrogen-bond donors (Lipinski definition) is 2. The predicted octanol–water partition coefficient (Wildman–Crippen LogP) is 1.40. The zero-order valence-corrected chi connectivity index (χ0v) is 8.97. The van der Waals surface area contributed by atoms with Crippen LogP contribution in [0, 0.1) is 10.1 Å². The minimum Gasteiger partial charge on any atom is -0.492 e. The van der Waals surface area contributed by atoms with E-state index in [1.165, 1.54) is 12.1 Å². The molecule has 0 aromatic heterocycles. The van der Waals surface area contributed by atoms with Crippen LogP contribution >= 0.6 is 0 Å². The summed E-state index contributed by atoms with van der Waals surface area (Å²) in [5.74, 6) is 0.543. The number of nitrogens with zero attached hydrogens (tertiary/aromatic N) is 1. The van der Waals surface area contributed by atoms with Gasteiger partial charge in [-0.25, -0.2) is 0 Å². The van der Waals surface area contributed by atoms with E-state index in [4.69, 9.17) is 9.84 Å². The first-order valence-corrected chi connectivity index (χ1v) is 4.95. The van der Waals surface area contributed by atoms with Gasteiger partial charge in [-0.05, 0) is 13.0 Å². The molecule has 0 saturated carbocycles. The molecule has 6 heteroatoms. The molecular formula is C10H14N2O4. The van der Waals surface area contributed by atoms with E-state index in [1.54, 1.807) is 6.07 Å². The maximum Gasteiger partial charge on any atom is 0.271 e. The van der Waals surface area contributed by atoms with Crippen LogP contribution in [-0.4, -0.2) is 29.8 Å². The molecule has 0 bridgehead atoms. The van der Waals surface area contributed by atoms with Crippen molar-refractivity contribution in [1.29, 1.82) is 0 Å². The molecule has 0 aliphatic rings. The minimum atomic E-state index is -0.472. The van der Waals surface area contributed by atoms with Gasteiger partial charge in [0.2, 0.25) is 0 Å². The lowest BCUT2D eigenvalue weighted by molar-refractivity contribution is -0.384. The van der Waals surface area contributed by atoms with Crippen LogP contribution in [-0.2, 0) is 0 Å². The number of hydrogen-bond acceptors (Lipinski definition) is 5. The normalized spacial score (nSPS) is 9.88. The molecule has 1 rings (SSSR count). The van der Waals surface area contributed by atoms with Crippen LogP contribution in [0.3, 0.4) is 0 Å². The van der Waals surface area contributed by atoms with Gasteiger partial charge in [0.05, 0.1) is 23.8 Å². The van der Waals surface area contributed by atoms with Crippen molar-refractivity contribution < 1.29 is 14.8 Å². The molecule has 0 unspecified atom stereocenters. The molecule has 2 N–H and O–H groups in total. The fourth-order valence-electron chi connectivity index (χ4n) is 1.24. The Labute approximate surface area is 93.0 Å². The van der Waals surface area contributed by atoms with Gasteiger partial charge in [-0.3, -0.25) is 10.1 Å². The molecule has 0 amide bonds. The van der Waals surface area contributed by atoms with Gasteiger partial charge in [0.25, 0.3) is 5.69 Å². The zero-order chi connectivity index (χ0) is 12.0. The van der Waals surface area contributed by atoms with E-state index in [-0.39, 0.29) is 12.3 Å². The molecule has 0 aliphatic heterocycles. The number of anilines is 1. The average Bonchev–Trinajstić information content (AvgIpc) is 2.27. The van der Waals surface area contributed by atoms with E-state index in [9.17, 15) is 10.1 Å². The third-order valence-corrected chi connectivity index (χ3v) is 1.90. The molecule has 0 atom stereocenters. The molecule has 0 aliphatic carbocycles. The SMILES string of the molecule is CCOc1ccc([N+](=O)[O-])cc1NCCO. The third-order valence-electron chi connectivity index (χ3n) is 1.90. The predicted molar refractivity (Wildman–Crippen MR) is 59.8 cm³/mol. The van der Waals surface area contributed by atoms with Crippen molar-refractivity contribution in [2.75, 3.05) is 25.1 Å². The lowest BCUT2D eigenvalue weighted by Gasteiger charge is -2.11. The van der Waals surface area contributed by atoms with Crippen LogP contribution in [0.4, 0.5) is 11.4 Å². The molecule has 1 aromatic rings. The van der Waals surface area contributed by atoms with E-state index < -0.39 is 4.92 Å². The summed E-state index contributed by atoms with van der Waals surface area (Å²) in [4.78, 5) is 10.1. The van der Waals surface area contributed by atoms with Crippen molar-refractivity contribution >= 4 is 11.4 Å². The van der Waals surface area contributed by atoms with Gasteiger partial charge in [0.15, 0.2) is 0 Å². The molecular weight excluding hydrogens is 212 g/mol. The number of ether oxygens (including phenoxy) is 1. The van der Waals surface area contributed by atoms with Crippen molar-refractivity contribution in [3.8, 4) is 5.75 Å². The largest absolute Gasteiger partial charge is 0.492 e. The standard InChI is InChI=1S/C10H14N2O4/c1-2-16-10-4-3-8(12(14)15)7-9(10)11-5-6-13/h3-4,7,11,13H,2,5-6H2,1H3. The molecule has 16 heavy (non-hydrogen) atoms. The van der Waals surface area contributed by atoms with Crippen molar-refractivity contribution in [3.63, 3.8) is 0 Å². The highest BCUT2D eigenvalue weighted by Gasteiger charge is 2.10. The maximum absolute atomic E-state index is 10.6. The highest BCUT2D eigenvalue weighted by Crippen LogP contribution is 2.28. The monoisotopic (exact) mass is 226 g/mol. The van der Waals surface area contributed by atoms with Crippen molar-refractivity contribution in [1.82, 2.24) is 0 Å². The first-order valence-electron chi connectivity index (χ1n) is 4.95. The van der Waals surface area contributed by atoms with E-state index in [0.717, 1.165) is 0 Å². The van der Waals surface area contributed by atoms with Gasteiger partial charge >= 0.3 is 0 Å². The Morgan fingerprint density at radius 1 is 1.56 bits per heavy atom. The number of non-ortho nitro benzene ring substituents is 1. The fraction of sp³-hybridized carbons (Fsp3) is 0.400. The van der Waals surface area contributed by atoms with E-state index in [1.807, 2.05) is 6.92 Å². The van der Waals surface area contributed by atoms with E-state index in [0.29, 0.717) is 24.6 Å². The maximum atomic E-state index is 10.6. The molecule has 0 fully saturated rings. The smallest absolute Gasteiger partial charge is 0.271 e. The van der Waals surface area contributed by atoms with Crippen LogP contribution in [0.25, 0.3) is 0 Å². The summed E-state index contributed by atoms with van der Waals surface area (Å²) in [7, 11) is 0. The average molecular weight is 226 g/mol. The van der Waals surface area contributed by atoms with Crippen molar-refractivity contribution in [3.05, 3.63) is 28.3 Å². The molecule has 1 aromatic carbocycles. The lowest BCUT2D eigenvalue weighted by Crippen LogP contribution is -2.07. The zero-order valence-electron chi connectivity index (χ0n) is 8.97.